The zero-order valence-electron chi connectivity index (χ0n) is 7.51. The van der Waals surface area contributed by atoms with Crippen molar-refractivity contribution in [1.82, 2.24) is 0 Å². The SMILES string of the molecule is [NH3+]CC1(CC(=O)O)CCCCC1. The smallest absolute Gasteiger partial charge is 0.304 e. The molecular formula is C9H18NO2+. The van der Waals surface area contributed by atoms with Gasteiger partial charge in [-0.05, 0) is 12.8 Å². The van der Waals surface area contributed by atoms with Gasteiger partial charge in [0.15, 0.2) is 0 Å². The van der Waals surface area contributed by atoms with E-state index in [0.717, 1.165) is 19.4 Å². The van der Waals surface area contributed by atoms with E-state index in [1.165, 1.54) is 19.3 Å². The van der Waals surface area contributed by atoms with Gasteiger partial charge in [0.2, 0.25) is 0 Å². The van der Waals surface area contributed by atoms with Crippen molar-refractivity contribution in [3.05, 3.63) is 0 Å². The van der Waals surface area contributed by atoms with Gasteiger partial charge in [0.1, 0.15) is 0 Å². The van der Waals surface area contributed by atoms with Crippen LogP contribution in [0.15, 0.2) is 0 Å². The summed E-state index contributed by atoms with van der Waals surface area (Å²) in [6.45, 7) is 0.777. The molecule has 0 aliphatic heterocycles. The summed E-state index contributed by atoms with van der Waals surface area (Å²) in [5.74, 6) is -0.666. The third-order valence-electron chi connectivity index (χ3n) is 2.97. The molecule has 12 heavy (non-hydrogen) atoms. The maximum Gasteiger partial charge on any atom is 0.304 e. The zero-order valence-corrected chi connectivity index (χ0v) is 7.51. The van der Waals surface area contributed by atoms with Crippen LogP contribution in [0.3, 0.4) is 0 Å². The lowest BCUT2D eigenvalue weighted by Gasteiger charge is -2.32. The third-order valence-corrected chi connectivity index (χ3v) is 2.97. The number of quaternary nitrogens is 1. The second kappa shape index (κ2) is 3.90. The van der Waals surface area contributed by atoms with Crippen molar-refractivity contribution in [1.29, 1.82) is 0 Å². The van der Waals surface area contributed by atoms with Crippen molar-refractivity contribution in [2.45, 2.75) is 38.5 Å². The van der Waals surface area contributed by atoms with E-state index < -0.39 is 5.97 Å². The first kappa shape index (κ1) is 9.52. The number of carboxylic acids is 1. The van der Waals surface area contributed by atoms with E-state index in [-0.39, 0.29) is 5.41 Å². The van der Waals surface area contributed by atoms with E-state index in [4.69, 9.17) is 5.11 Å². The zero-order chi connectivity index (χ0) is 9.03. The first-order valence-corrected chi connectivity index (χ1v) is 4.70. The average Bonchev–Trinajstić information content (AvgIpc) is 2.05. The van der Waals surface area contributed by atoms with Gasteiger partial charge in [-0.1, -0.05) is 19.3 Å². The van der Waals surface area contributed by atoms with E-state index in [0.29, 0.717) is 6.42 Å². The summed E-state index contributed by atoms with van der Waals surface area (Å²) in [7, 11) is 0. The van der Waals surface area contributed by atoms with Gasteiger partial charge in [0, 0.05) is 5.41 Å². The highest BCUT2D eigenvalue weighted by molar-refractivity contribution is 5.67. The van der Waals surface area contributed by atoms with Crippen LogP contribution in [0.5, 0.6) is 0 Å². The van der Waals surface area contributed by atoms with Gasteiger partial charge >= 0.3 is 5.97 Å². The molecule has 3 heteroatoms. The predicted octanol–water partition coefficient (Wildman–Crippen LogP) is 0.653. The highest BCUT2D eigenvalue weighted by atomic mass is 16.4. The Morgan fingerprint density at radius 3 is 2.33 bits per heavy atom. The number of hydrogen-bond donors (Lipinski definition) is 2. The van der Waals surface area contributed by atoms with Crippen LogP contribution in [0.25, 0.3) is 0 Å². The van der Waals surface area contributed by atoms with Crippen LogP contribution in [0.4, 0.5) is 0 Å². The fourth-order valence-electron chi connectivity index (χ4n) is 2.14. The standard InChI is InChI=1S/C9H17NO2/c10-7-9(6-8(11)12)4-2-1-3-5-9/h1-7,10H2,(H,11,12)/p+1. The number of carbonyl (C=O) groups is 1. The highest BCUT2D eigenvalue weighted by Gasteiger charge is 2.34. The number of hydrogen-bond acceptors (Lipinski definition) is 1. The van der Waals surface area contributed by atoms with Crippen LogP contribution in [-0.2, 0) is 4.79 Å². The molecular weight excluding hydrogens is 154 g/mol. The topological polar surface area (TPSA) is 64.9 Å². The molecule has 0 saturated heterocycles. The molecule has 0 heterocycles. The first-order chi connectivity index (χ1) is 5.68. The van der Waals surface area contributed by atoms with E-state index in [9.17, 15) is 4.79 Å². The molecule has 0 aromatic carbocycles. The maximum absolute atomic E-state index is 10.6. The van der Waals surface area contributed by atoms with E-state index in [1.54, 1.807) is 0 Å². The Bertz CT molecular complexity index is 162. The summed E-state index contributed by atoms with van der Waals surface area (Å²) in [5.41, 5.74) is 3.90. The van der Waals surface area contributed by atoms with Crippen molar-refractivity contribution in [3.63, 3.8) is 0 Å². The van der Waals surface area contributed by atoms with Crippen LogP contribution >= 0.6 is 0 Å². The fraction of sp³-hybridized carbons (Fsp3) is 0.889. The minimum absolute atomic E-state index is 0.0318. The number of rotatable bonds is 3. The lowest BCUT2D eigenvalue weighted by atomic mass is 9.72. The molecule has 1 fully saturated rings. The Hall–Kier alpha value is -0.570. The van der Waals surface area contributed by atoms with Crippen LogP contribution in [-0.4, -0.2) is 17.6 Å². The van der Waals surface area contributed by atoms with Gasteiger partial charge in [-0.15, -0.1) is 0 Å². The maximum atomic E-state index is 10.6. The van der Waals surface area contributed by atoms with Gasteiger partial charge in [-0.25, -0.2) is 0 Å². The molecule has 0 aromatic rings. The normalized spacial score (nSPS) is 22.1. The largest absolute Gasteiger partial charge is 0.481 e. The second-order valence-corrected chi connectivity index (χ2v) is 3.88. The van der Waals surface area contributed by atoms with Gasteiger partial charge in [-0.2, -0.15) is 0 Å². The molecule has 70 valence electrons. The molecule has 1 saturated carbocycles. The Kier molecular flexibility index (Phi) is 3.09. The van der Waals surface area contributed by atoms with Crippen molar-refractivity contribution >= 4 is 5.97 Å². The molecule has 0 radical (unpaired) electrons. The second-order valence-electron chi connectivity index (χ2n) is 3.88. The quantitative estimate of drug-likeness (QED) is 0.656. The predicted molar refractivity (Wildman–Crippen MR) is 45.5 cm³/mol. The van der Waals surface area contributed by atoms with Crippen LogP contribution in [0.2, 0.25) is 0 Å². The Morgan fingerprint density at radius 1 is 1.33 bits per heavy atom. The summed E-state index contributed by atoms with van der Waals surface area (Å²) in [4.78, 5) is 10.6. The summed E-state index contributed by atoms with van der Waals surface area (Å²) >= 11 is 0. The van der Waals surface area contributed by atoms with Crippen LogP contribution < -0.4 is 5.73 Å². The first-order valence-electron chi connectivity index (χ1n) is 4.70. The minimum atomic E-state index is -0.666. The molecule has 3 nitrogen and oxygen atoms in total. The average molecular weight is 172 g/mol. The molecule has 1 aliphatic carbocycles. The van der Waals surface area contributed by atoms with Crippen molar-refractivity contribution < 1.29 is 15.6 Å². The van der Waals surface area contributed by atoms with Gasteiger partial charge in [0.05, 0.1) is 13.0 Å². The van der Waals surface area contributed by atoms with Crippen molar-refractivity contribution in [3.8, 4) is 0 Å². The van der Waals surface area contributed by atoms with E-state index in [1.807, 2.05) is 0 Å². The van der Waals surface area contributed by atoms with Crippen LogP contribution in [0.1, 0.15) is 38.5 Å². The molecule has 0 spiro atoms. The van der Waals surface area contributed by atoms with Gasteiger partial charge in [0.25, 0.3) is 0 Å². The van der Waals surface area contributed by atoms with Gasteiger partial charge < -0.3 is 10.8 Å². The summed E-state index contributed by atoms with van der Waals surface area (Å²) in [5, 5.41) is 8.73. The molecule has 1 rings (SSSR count). The molecule has 0 amide bonds. The molecule has 0 unspecified atom stereocenters. The van der Waals surface area contributed by atoms with Gasteiger partial charge in [-0.3, -0.25) is 4.79 Å². The highest BCUT2D eigenvalue weighted by Crippen LogP contribution is 2.37. The molecule has 0 atom stereocenters. The summed E-state index contributed by atoms with van der Waals surface area (Å²) < 4.78 is 0. The molecule has 4 N–H and O–H groups in total. The monoisotopic (exact) mass is 172 g/mol. The molecule has 0 aromatic heterocycles. The van der Waals surface area contributed by atoms with E-state index >= 15 is 0 Å². The number of aliphatic carboxylic acids is 1. The summed E-state index contributed by atoms with van der Waals surface area (Å²) in [6, 6.07) is 0. The Labute approximate surface area is 72.9 Å². The lowest BCUT2D eigenvalue weighted by molar-refractivity contribution is -0.395. The van der Waals surface area contributed by atoms with Crippen molar-refractivity contribution in [2.75, 3.05) is 6.54 Å². The molecule has 0 bridgehead atoms. The third kappa shape index (κ3) is 2.21. The lowest BCUT2D eigenvalue weighted by Crippen LogP contribution is -2.59. The Balaban J connectivity index is 2.53. The number of carboxylic acid groups (broad SMARTS) is 1. The minimum Gasteiger partial charge on any atom is -0.481 e. The Morgan fingerprint density at radius 2 is 1.92 bits per heavy atom. The van der Waals surface area contributed by atoms with Crippen molar-refractivity contribution in [2.24, 2.45) is 5.41 Å². The van der Waals surface area contributed by atoms with Crippen LogP contribution in [0, 0.1) is 5.41 Å². The fourth-order valence-corrected chi connectivity index (χ4v) is 2.14. The summed E-state index contributed by atoms with van der Waals surface area (Å²) in [6.07, 6.45) is 6.06. The molecule has 1 aliphatic rings. The van der Waals surface area contributed by atoms with E-state index in [2.05, 4.69) is 5.73 Å².